The summed E-state index contributed by atoms with van der Waals surface area (Å²) in [6, 6.07) is 21.0. The summed E-state index contributed by atoms with van der Waals surface area (Å²) in [4.78, 5) is 26.1. The zero-order chi connectivity index (χ0) is 19.9. The Morgan fingerprint density at radius 3 is 2.25 bits per heavy atom. The van der Waals surface area contributed by atoms with E-state index in [1.165, 1.54) is 19.2 Å². The minimum absolute atomic E-state index is 0.0539. The van der Waals surface area contributed by atoms with Crippen LogP contribution in [0.2, 0.25) is 0 Å². The molecule has 1 unspecified atom stereocenters. The summed E-state index contributed by atoms with van der Waals surface area (Å²) in [6.45, 7) is 0. The van der Waals surface area contributed by atoms with Crippen molar-refractivity contribution in [2.45, 2.75) is 10.9 Å². The molecule has 1 atom stereocenters. The molecule has 0 amide bonds. The molecule has 1 aliphatic heterocycles. The average molecular weight is 391 g/mol. The van der Waals surface area contributed by atoms with Gasteiger partial charge in [0.1, 0.15) is 0 Å². The van der Waals surface area contributed by atoms with Crippen LogP contribution in [0.15, 0.2) is 83.8 Å². The first-order valence-electron chi connectivity index (χ1n) is 8.72. The number of sulfonamides is 1. The van der Waals surface area contributed by atoms with E-state index >= 15 is 0 Å². The summed E-state index contributed by atoms with van der Waals surface area (Å²) in [5, 5.41) is 0. The van der Waals surface area contributed by atoms with Crippen LogP contribution in [0.3, 0.4) is 0 Å². The van der Waals surface area contributed by atoms with Crippen LogP contribution < -0.4 is 0 Å². The van der Waals surface area contributed by atoms with Crippen LogP contribution in [-0.4, -0.2) is 37.4 Å². The van der Waals surface area contributed by atoms with E-state index in [0.717, 1.165) is 15.4 Å². The van der Waals surface area contributed by atoms with Gasteiger partial charge in [0.2, 0.25) is 10.0 Å². The van der Waals surface area contributed by atoms with E-state index in [1.807, 2.05) is 36.4 Å². The number of benzene rings is 3. The fourth-order valence-corrected chi connectivity index (χ4v) is 4.90. The third-order valence-corrected chi connectivity index (χ3v) is 6.80. The third-order valence-electron chi connectivity index (χ3n) is 4.92. The topological polar surface area (TPSA) is 71.5 Å². The molecular formula is C22H17NO4S. The summed E-state index contributed by atoms with van der Waals surface area (Å²) in [5.41, 5.74) is 2.10. The molecule has 1 aliphatic rings. The molecule has 3 aromatic rings. The Bertz CT molecular complexity index is 1190. The minimum Gasteiger partial charge on any atom is -0.292 e. The monoisotopic (exact) mass is 391 g/mol. The summed E-state index contributed by atoms with van der Waals surface area (Å²) in [7, 11) is -2.66. The molecule has 140 valence electrons. The lowest BCUT2D eigenvalue weighted by Crippen LogP contribution is -2.51. The van der Waals surface area contributed by atoms with Crippen LogP contribution in [0.1, 0.15) is 20.7 Å². The van der Waals surface area contributed by atoms with E-state index in [-0.39, 0.29) is 10.5 Å². The van der Waals surface area contributed by atoms with Crippen molar-refractivity contribution in [3.8, 4) is 11.1 Å². The Balaban J connectivity index is 1.78. The number of Topliss-reactive ketones (excluding diaryl/α,β-unsaturated/α-hetero) is 2. The molecular weight excluding hydrogens is 374 g/mol. The standard InChI is InChI=1S/C22H17NO4S/c1-23-20(22(25)18-12-5-6-13-19(18)28(23,26)27)21(24)17-11-7-10-16(14-17)15-8-3-2-4-9-15/h2-14,20H,1H3. The lowest BCUT2D eigenvalue weighted by molar-refractivity contribution is 0.0784. The lowest BCUT2D eigenvalue weighted by Gasteiger charge is -2.31. The first-order chi connectivity index (χ1) is 13.4. The van der Waals surface area contributed by atoms with Crippen molar-refractivity contribution in [1.82, 2.24) is 4.31 Å². The van der Waals surface area contributed by atoms with Crippen LogP contribution >= 0.6 is 0 Å². The molecule has 0 aliphatic carbocycles. The van der Waals surface area contributed by atoms with Crippen molar-refractivity contribution >= 4 is 21.6 Å². The van der Waals surface area contributed by atoms with Gasteiger partial charge in [0, 0.05) is 18.2 Å². The van der Waals surface area contributed by atoms with Crippen molar-refractivity contribution in [3.05, 3.63) is 90.0 Å². The van der Waals surface area contributed by atoms with Gasteiger partial charge in [-0.05, 0) is 29.3 Å². The zero-order valence-electron chi connectivity index (χ0n) is 15.1. The smallest absolute Gasteiger partial charge is 0.244 e. The Morgan fingerprint density at radius 1 is 0.857 bits per heavy atom. The van der Waals surface area contributed by atoms with Crippen LogP contribution in [0.25, 0.3) is 11.1 Å². The highest BCUT2D eigenvalue weighted by molar-refractivity contribution is 7.89. The second kappa shape index (κ2) is 6.82. The van der Waals surface area contributed by atoms with Crippen molar-refractivity contribution in [3.63, 3.8) is 0 Å². The third kappa shape index (κ3) is 2.87. The molecule has 0 aromatic heterocycles. The lowest BCUT2D eigenvalue weighted by atomic mass is 9.94. The van der Waals surface area contributed by atoms with Crippen molar-refractivity contribution < 1.29 is 18.0 Å². The predicted octanol–water partition coefficient (Wildman–Crippen LogP) is 3.42. The predicted molar refractivity (Wildman–Crippen MR) is 106 cm³/mol. The van der Waals surface area contributed by atoms with Gasteiger partial charge in [-0.1, -0.05) is 60.7 Å². The Hall–Kier alpha value is -3.09. The maximum atomic E-state index is 13.2. The van der Waals surface area contributed by atoms with E-state index in [9.17, 15) is 18.0 Å². The van der Waals surface area contributed by atoms with Crippen LogP contribution in [0.5, 0.6) is 0 Å². The van der Waals surface area contributed by atoms with Gasteiger partial charge in [-0.15, -0.1) is 0 Å². The van der Waals surface area contributed by atoms with Gasteiger partial charge in [0.05, 0.1) is 4.90 Å². The van der Waals surface area contributed by atoms with Crippen LogP contribution in [0.4, 0.5) is 0 Å². The number of likely N-dealkylation sites (N-methyl/N-ethyl adjacent to an activating group) is 1. The van der Waals surface area contributed by atoms with Crippen molar-refractivity contribution in [2.24, 2.45) is 0 Å². The SMILES string of the molecule is CN1C(C(=O)c2cccc(-c3ccccc3)c2)C(=O)c2ccccc2S1(=O)=O. The van der Waals surface area contributed by atoms with E-state index < -0.39 is 27.6 Å². The molecule has 28 heavy (non-hydrogen) atoms. The maximum absolute atomic E-state index is 13.2. The maximum Gasteiger partial charge on any atom is 0.244 e. The number of rotatable bonds is 3. The zero-order valence-corrected chi connectivity index (χ0v) is 15.9. The summed E-state index contributed by atoms with van der Waals surface area (Å²) in [5.74, 6) is -1.05. The molecule has 0 saturated carbocycles. The molecule has 0 saturated heterocycles. The Morgan fingerprint density at radius 2 is 1.50 bits per heavy atom. The highest BCUT2D eigenvalue weighted by atomic mass is 32.2. The summed E-state index contributed by atoms with van der Waals surface area (Å²) in [6.07, 6.45) is 0. The fraction of sp³-hybridized carbons (Fsp3) is 0.0909. The van der Waals surface area contributed by atoms with Gasteiger partial charge in [0.15, 0.2) is 17.6 Å². The molecule has 0 radical (unpaired) electrons. The quantitative estimate of drug-likeness (QED) is 0.507. The first-order valence-corrected chi connectivity index (χ1v) is 10.2. The first kappa shape index (κ1) is 18.3. The number of ketones is 2. The summed E-state index contributed by atoms with van der Waals surface area (Å²) >= 11 is 0. The molecule has 0 fully saturated rings. The van der Waals surface area contributed by atoms with E-state index in [1.54, 1.807) is 30.3 Å². The molecule has 3 aromatic carbocycles. The molecule has 5 nitrogen and oxygen atoms in total. The molecule has 6 heteroatoms. The number of hydrogen-bond acceptors (Lipinski definition) is 4. The van der Waals surface area contributed by atoms with Crippen molar-refractivity contribution in [1.29, 1.82) is 0 Å². The van der Waals surface area contributed by atoms with Gasteiger partial charge in [-0.2, -0.15) is 4.31 Å². The largest absolute Gasteiger partial charge is 0.292 e. The van der Waals surface area contributed by atoms with E-state index in [2.05, 4.69) is 0 Å². The molecule has 0 N–H and O–H groups in total. The molecule has 1 heterocycles. The van der Waals surface area contributed by atoms with E-state index in [4.69, 9.17) is 0 Å². The molecule has 0 bridgehead atoms. The second-order valence-corrected chi connectivity index (χ2v) is 8.56. The Labute approximate surface area is 163 Å². The van der Waals surface area contributed by atoms with Crippen LogP contribution in [0, 0.1) is 0 Å². The van der Waals surface area contributed by atoms with Gasteiger partial charge in [-0.3, -0.25) is 9.59 Å². The average Bonchev–Trinajstić information content (AvgIpc) is 2.73. The highest BCUT2D eigenvalue weighted by Crippen LogP contribution is 2.31. The molecule has 0 spiro atoms. The Kier molecular flexibility index (Phi) is 4.45. The number of carbonyl (C=O) groups excluding carboxylic acids is 2. The number of nitrogens with zero attached hydrogens (tertiary/aromatic N) is 1. The molecule has 4 rings (SSSR count). The van der Waals surface area contributed by atoms with Gasteiger partial charge >= 0.3 is 0 Å². The van der Waals surface area contributed by atoms with Gasteiger partial charge in [-0.25, -0.2) is 8.42 Å². The second-order valence-electron chi connectivity index (χ2n) is 6.60. The number of fused-ring (bicyclic) bond motifs is 1. The van der Waals surface area contributed by atoms with Crippen LogP contribution in [-0.2, 0) is 10.0 Å². The fourth-order valence-electron chi connectivity index (χ4n) is 3.43. The number of carbonyl (C=O) groups is 2. The van der Waals surface area contributed by atoms with Gasteiger partial charge < -0.3 is 0 Å². The number of hydrogen-bond donors (Lipinski definition) is 0. The highest BCUT2D eigenvalue weighted by Gasteiger charge is 2.45. The van der Waals surface area contributed by atoms with Gasteiger partial charge in [0.25, 0.3) is 0 Å². The van der Waals surface area contributed by atoms with E-state index in [0.29, 0.717) is 5.56 Å². The normalized spacial score (nSPS) is 18.5. The summed E-state index contributed by atoms with van der Waals surface area (Å²) < 4.78 is 26.5. The van der Waals surface area contributed by atoms with Crippen molar-refractivity contribution in [2.75, 3.05) is 7.05 Å². The minimum atomic E-state index is -3.93.